The van der Waals surface area contributed by atoms with Crippen molar-refractivity contribution < 1.29 is 14.3 Å². The molecule has 5 nitrogen and oxygen atoms in total. The van der Waals surface area contributed by atoms with Crippen LogP contribution in [-0.2, 0) is 4.74 Å². The number of carbonyl (C=O) groups is 1. The number of anilines is 1. The van der Waals surface area contributed by atoms with Gasteiger partial charge in [-0.2, -0.15) is 0 Å². The number of hydrogen-bond acceptors (Lipinski definition) is 5. The molecule has 2 unspecified atom stereocenters. The van der Waals surface area contributed by atoms with Crippen molar-refractivity contribution in [3.8, 4) is 5.88 Å². The van der Waals surface area contributed by atoms with E-state index in [9.17, 15) is 4.79 Å². The lowest BCUT2D eigenvalue weighted by atomic mass is 9.85. The molecule has 21 heavy (non-hydrogen) atoms. The van der Waals surface area contributed by atoms with E-state index in [1.807, 2.05) is 0 Å². The smallest absolute Gasteiger partial charge is 0.340 e. The first-order valence-electron chi connectivity index (χ1n) is 7.73. The predicted molar refractivity (Wildman–Crippen MR) is 81.3 cm³/mol. The van der Waals surface area contributed by atoms with Crippen molar-refractivity contribution in [3.05, 3.63) is 17.8 Å². The number of nitrogens with two attached hydrogens (primary N) is 1. The van der Waals surface area contributed by atoms with E-state index in [1.54, 1.807) is 13.0 Å². The predicted octanol–water partition coefficient (Wildman–Crippen LogP) is 3.19. The summed E-state index contributed by atoms with van der Waals surface area (Å²) >= 11 is 0. The van der Waals surface area contributed by atoms with E-state index in [0.29, 0.717) is 23.7 Å². The highest BCUT2D eigenvalue weighted by atomic mass is 16.5. The van der Waals surface area contributed by atoms with E-state index in [4.69, 9.17) is 15.2 Å². The first-order chi connectivity index (χ1) is 10.1. The van der Waals surface area contributed by atoms with Crippen molar-refractivity contribution in [2.75, 3.05) is 12.3 Å². The molecule has 0 spiro atoms. The fourth-order valence-electron chi connectivity index (χ4n) is 2.79. The topological polar surface area (TPSA) is 74.4 Å². The van der Waals surface area contributed by atoms with E-state index >= 15 is 0 Å². The fraction of sp³-hybridized carbons (Fsp3) is 0.625. The van der Waals surface area contributed by atoms with Gasteiger partial charge in [0, 0.05) is 6.07 Å². The van der Waals surface area contributed by atoms with Gasteiger partial charge in [-0.1, -0.05) is 19.8 Å². The largest absolute Gasteiger partial charge is 0.474 e. The normalized spacial score (nSPS) is 21.8. The maximum Gasteiger partial charge on any atom is 0.340 e. The number of rotatable bonds is 5. The highest BCUT2D eigenvalue weighted by molar-refractivity contribution is 5.95. The van der Waals surface area contributed by atoms with Gasteiger partial charge in [-0.25, -0.2) is 9.78 Å². The van der Waals surface area contributed by atoms with E-state index in [2.05, 4.69) is 11.9 Å². The van der Waals surface area contributed by atoms with Gasteiger partial charge in [0.05, 0.1) is 24.1 Å². The molecule has 0 amide bonds. The Labute approximate surface area is 125 Å². The maximum absolute atomic E-state index is 11.8. The second kappa shape index (κ2) is 7.29. The van der Waals surface area contributed by atoms with Crippen molar-refractivity contribution in [3.63, 3.8) is 0 Å². The summed E-state index contributed by atoms with van der Waals surface area (Å²) in [5, 5.41) is 0. The van der Waals surface area contributed by atoms with Gasteiger partial charge < -0.3 is 15.2 Å². The van der Waals surface area contributed by atoms with Crippen molar-refractivity contribution in [1.82, 2.24) is 4.98 Å². The quantitative estimate of drug-likeness (QED) is 0.844. The molecule has 5 heteroatoms. The van der Waals surface area contributed by atoms with Crippen LogP contribution in [0.3, 0.4) is 0 Å². The van der Waals surface area contributed by atoms with Gasteiger partial charge in [-0.15, -0.1) is 0 Å². The zero-order valence-corrected chi connectivity index (χ0v) is 12.8. The van der Waals surface area contributed by atoms with Crippen LogP contribution in [0.1, 0.15) is 56.3 Å². The minimum absolute atomic E-state index is 0.176. The Hall–Kier alpha value is -1.78. The van der Waals surface area contributed by atoms with Crippen LogP contribution in [0.2, 0.25) is 0 Å². The molecule has 0 bridgehead atoms. The molecule has 0 radical (unpaired) electrons. The Morgan fingerprint density at radius 2 is 2.24 bits per heavy atom. The number of ether oxygens (including phenoxy) is 2. The highest BCUT2D eigenvalue weighted by Crippen LogP contribution is 2.29. The number of aromatic nitrogens is 1. The van der Waals surface area contributed by atoms with Crippen LogP contribution in [0, 0.1) is 5.92 Å². The van der Waals surface area contributed by atoms with E-state index < -0.39 is 5.97 Å². The van der Waals surface area contributed by atoms with Gasteiger partial charge >= 0.3 is 5.97 Å². The molecule has 0 aromatic carbocycles. The van der Waals surface area contributed by atoms with Crippen LogP contribution >= 0.6 is 0 Å². The van der Waals surface area contributed by atoms with Gasteiger partial charge in [0.2, 0.25) is 5.88 Å². The maximum atomic E-state index is 11.8. The lowest BCUT2D eigenvalue weighted by Crippen LogP contribution is -2.25. The number of nitrogen functional groups attached to an aromatic ring is 1. The summed E-state index contributed by atoms with van der Waals surface area (Å²) in [6.45, 7) is 4.30. The summed E-state index contributed by atoms with van der Waals surface area (Å²) in [6, 6.07) is 1.59. The van der Waals surface area contributed by atoms with Crippen LogP contribution in [-0.4, -0.2) is 23.7 Å². The molecule has 2 N–H and O–H groups in total. The molecule has 1 aromatic heterocycles. The number of carbonyl (C=O) groups excluding carboxylic acids is 1. The molecule has 1 aliphatic rings. The van der Waals surface area contributed by atoms with Gasteiger partial charge in [-0.05, 0) is 32.1 Å². The second-order valence-electron chi connectivity index (χ2n) is 5.51. The molecule has 2 atom stereocenters. The van der Waals surface area contributed by atoms with Crippen molar-refractivity contribution in [1.29, 1.82) is 0 Å². The number of nitrogens with zero attached hydrogens (tertiary/aromatic N) is 1. The fourth-order valence-corrected chi connectivity index (χ4v) is 2.79. The Balaban J connectivity index is 2.06. The van der Waals surface area contributed by atoms with Crippen LogP contribution < -0.4 is 10.5 Å². The Bertz CT molecular complexity index is 490. The number of pyridine rings is 1. The molecular formula is C16H24N2O3. The number of esters is 1. The molecule has 0 aliphatic heterocycles. The van der Waals surface area contributed by atoms with E-state index in [0.717, 1.165) is 18.8 Å². The minimum Gasteiger partial charge on any atom is -0.474 e. The Morgan fingerprint density at radius 1 is 1.43 bits per heavy atom. The lowest BCUT2D eigenvalue weighted by molar-refractivity contribution is 0.0525. The van der Waals surface area contributed by atoms with Crippen LogP contribution in [0.4, 0.5) is 5.69 Å². The monoisotopic (exact) mass is 292 g/mol. The van der Waals surface area contributed by atoms with Gasteiger partial charge in [-0.3, -0.25) is 0 Å². The van der Waals surface area contributed by atoms with Crippen LogP contribution in [0.5, 0.6) is 5.88 Å². The Morgan fingerprint density at radius 3 is 2.95 bits per heavy atom. The van der Waals surface area contributed by atoms with E-state index in [-0.39, 0.29) is 6.10 Å². The first kappa shape index (κ1) is 15.6. The van der Waals surface area contributed by atoms with Gasteiger partial charge in [0.1, 0.15) is 6.10 Å². The van der Waals surface area contributed by atoms with Crippen LogP contribution in [0.25, 0.3) is 0 Å². The summed E-state index contributed by atoms with van der Waals surface area (Å²) < 4.78 is 10.9. The van der Waals surface area contributed by atoms with Crippen molar-refractivity contribution >= 4 is 11.7 Å². The van der Waals surface area contributed by atoms with Gasteiger partial charge in [0.15, 0.2) is 0 Å². The van der Waals surface area contributed by atoms with Crippen LogP contribution in [0.15, 0.2) is 12.3 Å². The average Bonchev–Trinajstić information content (AvgIpc) is 2.49. The SMILES string of the molecule is CCOC(=O)c1cc(OC2CCCC(CC)C2)ncc1N. The molecular weight excluding hydrogens is 268 g/mol. The zero-order valence-electron chi connectivity index (χ0n) is 12.8. The minimum atomic E-state index is -0.433. The molecule has 1 saturated carbocycles. The molecule has 116 valence electrons. The molecule has 1 fully saturated rings. The summed E-state index contributed by atoms with van der Waals surface area (Å²) in [7, 11) is 0. The molecule has 0 saturated heterocycles. The molecule has 2 rings (SSSR count). The highest BCUT2D eigenvalue weighted by Gasteiger charge is 2.23. The third-order valence-corrected chi connectivity index (χ3v) is 4.00. The summed E-state index contributed by atoms with van der Waals surface area (Å²) in [4.78, 5) is 16.0. The first-order valence-corrected chi connectivity index (χ1v) is 7.73. The molecule has 1 aliphatic carbocycles. The average molecular weight is 292 g/mol. The number of hydrogen-bond donors (Lipinski definition) is 1. The third kappa shape index (κ3) is 4.09. The molecule has 1 heterocycles. The van der Waals surface area contributed by atoms with Crippen molar-refractivity contribution in [2.45, 2.75) is 52.1 Å². The summed E-state index contributed by atoms with van der Waals surface area (Å²) in [5.41, 5.74) is 6.42. The standard InChI is InChI=1S/C16H24N2O3/c1-3-11-6-5-7-12(8-11)21-15-9-13(14(17)10-18-15)16(19)20-4-2/h9-12H,3-8,17H2,1-2H3. The third-order valence-electron chi connectivity index (χ3n) is 4.00. The summed E-state index contributed by atoms with van der Waals surface area (Å²) in [5.74, 6) is 0.744. The van der Waals surface area contributed by atoms with Gasteiger partial charge in [0.25, 0.3) is 0 Å². The van der Waals surface area contributed by atoms with E-state index in [1.165, 1.54) is 25.5 Å². The Kier molecular flexibility index (Phi) is 5.42. The lowest BCUT2D eigenvalue weighted by Gasteiger charge is -2.28. The second-order valence-corrected chi connectivity index (χ2v) is 5.51. The molecule has 1 aromatic rings. The summed E-state index contributed by atoms with van der Waals surface area (Å²) in [6.07, 6.45) is 7.37. The van der Waals surface area contributed by atoms with Crippen molar-refractivity contribution in [2.24, 2.45) is 5.92 Å². The zero-order chi connectivity index (χ0) is 15.2.